The van der Waals surface area contributed by atoms with E-state index in [0.29, 0.717) is 25.6 Å². The monoisotopic (exact) mass is 355 g/mol. The van der Waals surface area contributed by atoms with Crippen molar-refractivity contribution in [1.82, 2.24) is 14.3 Å². The molecule has 2 aliphatic rings. The van der Waals surface area contributed by atoms with E-state index in [1.54, 1.807) is 10.6 Å². The van der Waals surface area contributed by atoms with Crippen molar-refractivity contribution in [1.29, 1.82) is 0 Å². The third-order valence-corrected chi connectivity index (χ3v) is 5.78. The molecule has 1 aromatic rings. The van der Waals surface area contributed by atoms with Gasteiger partial charge in [0.15, 0.2) is 0 Å². The minimum Gasteiger partial charge on any atom is -0.378 e. The number of aromatic nitrogens is 2. The maximum atomic E-state index is 11.7. The van der Waals surface area contributed by atoms with Crippen LogP contribution in [0.1, 0.15) is 12.8 Å². The van der Waals surface area contributed by atoms with Gasteiger partial charge in [-0.2, -0.15) is 0 Å². The predicted molar refractivity (Wildman–Crippen MR) is 92.7 cm³/mol. The van der Waals surface area contributed by atoms with Crippen molar-refractivity contribution in [2.24, 2.45) is 5.92 Å². The molecule has 9 heteroatoms. The molecule has 3 rings (SSSR count). The topological polar surface area (TPSA) is 87.7 Å². The first-order valence-electron chi connectivity index (χ1n) is 8.36. The molecule has 0 unspecified atom stereocenters. The van der Waals surface area contributed by atoms with Crippen molar-refractivity contribution in [2.45, 2.75) is 12.8 Å². The molecule has 0 aromatic carbocycles. The molecule has 0 amide bonds. The van der Waals surface area contributed by atoms with Gasteiger partial charge in [-0.25, -0.2) is 22.7 Å². The first kappa shape index (κ1) is 17.4. The fraction of sp³-hybridized carbons (Fsp3) is 0.733. The van der Waals surface area contributed by atoms with Crippen LogP contribution in [0.5, 0.6) is 0 Å². The second kappa shape index (κ2) is 7.62. The third kappa shape index (κ3) is 4.55. The van der Waals surface area contributed by atoms with E-state index in [0.717, 1.165) is 50.8 Å². The number of nitrogens with one attached hydrogen (secondary N) is 1. The minimum absolute atomic E-state index is 0.301. The van der Waals surface area contributed by atoms with Crippen molar-refractivity contribution in [3.63, 3.8) is 0 Å². The molecule has 1 aromatic heterocycles. The van der Waals surface area contributed by atoms with Gasteiger partial charge in [-0.15, -0.1) is 0 Å². The van der Waals surface area contributed by atoms with Crippen molar-refractivity contribution in [2.75, 3.05) is 62.4 Å². The van der Waals surface area contributed by atoms with E-state index < -0.39 is 10.0 Å². The van der Waals surface area contributed by atoms with Gasteiger partial charge in [0.1, 0.15) is 18.0 Å². The van der Waals surface area contributed by atoms with Crippen molar-refractivity contribution in [3.05, 3.63) is 12.4 Å². The van der Waals surface area contributed by atoms with Crippen LogP contribution in [0, 0.1) is 5.92 Å². The molecule has 2 fully saturated rings. The second-order valence-electron chi connectivity index (χ2n) is 6.37. The van der Waals surface area contributed by atoms with Crippen LogP contribution < -0.4 is 10.2 Å². The van der Waals surface area contributed by atoms with E-state index in [2.05, 4.69) is 20.2 Å². The number of morpholine rings is 1. The van der Waals surface area contributed by atoms with Crippen LogP contribution in [-0.4, -0.2) is 74.9 Å². The lowest BCUT2D eigenvalue weighted by Crippen LogP contribution is -2.41. The Morgan fingerprint density at radius 3 is 2.83 bits per heavy atom. The summed E-state index contributed by atoms with van der Waals surface area (Å²) in [6, 6.07) is 1.95. The standard InChI is InChI=1S/C15H25N5O3S/c1-24(21,22)20-4-2-3-13(11-20)10-16-14-9-15(18-12-17-14)19-5-7-23-8-6-19/h9,12-13H,2-8,10-11H2,1H3,(H,16,17,18)/t13-/m0/s1. The number of sulfonamides is 1. The number of hydrogen-bond acceptors (Lipinski definition) is 7. The van der Waals surface area contributed by atoms with E-state index in [1.165, 1.54) is 6.26 Å². The van der Waals surface area contributed by atoms with E-state index in [4.69, 9.17) is 4.74 Å². The fourth-order valence-corrected chi connectivity index (χ4v) is 4.10. The minimum atomic E-state index is -3.10. The summed E-state index contributed by atoms with van der Waals surface area (Å²) in [5.74, 6) is 1.98. The molecule has 8 nitrogen and oxygen atoms in total. The molecule has 1 atom stereocenters. The molecule has 0 radical (unpaired) electrons. The zero-order valence-corrected chi connectivity index (χ0v) is 14.8. The van der Waals surface area contributed by atoms with Crippen LogP contribution in [0.4, 0.5) is 11.6 Å². The Labute approximate surface area is 143 Å². The maximum absolute atomic E-state index is 11.7. The highest BCUT2D eigenvalue weighted by molar-refractivity contribution is 7.88. The predicted octanol–water partition coefficient (Wildman–Crippen LogP) is 0.397. The number of nitrogens with zero attached hydrogens (tertiary/aromatic N) is 4. The average Bonchev–Trinajstić information content (AvgIpc) is 2.61. The van der Waals surface area contributed by atoms with Gasteiger partial charge in [-0.1, -0.05) is 0 Å². The zero-order valence-electron chi connectivity index (χ0n) is 14.0. The second-order valence-corrected chi connectivity index (χ2v) is 8.35. The summed E-state index contributed by atoms with van der Waals surface area (Å²) in [7, 11) is -3.10. The lowest BCUT2D eigenvalue weighted by molar-refractivity contribution is 0.122. The molecule has 2 aliphatic heterocycles. The first-order chi connectivity index (χ1) is 11.5. The molecule has 3 heterocycles. The molecule has 134 valence electrons. The van der Waals surface area contributed by atoms with Gasteiger partial charge >= 0.3 is 0 Å². The molecule has 24 heavy (non-hydrogen) atoms. The van der Waals surface area contributed by atoms with Gasteiger partial charge in [-0.05, 0) is 18.8 Å². The van der Waals surface area contributed by atoms with Gasteiger partial charge < -0.3 is 15.0 Å². The maximum Gasteiger partial charge on any atom is 0.211 e. The van der Waals surface area contributed by atoms with E-state index in [1.807, 2.05) is 6.07 Å². The third-order valence-electron chi connectivity index (χ3n) is 4.51. The molecule has 1 N–H and O–H groups in total. The summed E-state index contributed by atoms with van der Waals surface area (Å²) in [5.41, 5.74) is 0. The molecule has 0 spiro atoms. The lowest BCUT2D eigenvalue weighted by Gasteiger charge is -2.31. The zero-order chi connectivity index (χ0) is 17.0. The molecule has 0 aliphatic carbocycles. The van der Waals surface area contributed by atoms with Gasteiger partial charge in [-0.3, -0.25) is 0 Å². The highest BCUT2D eigenvalue weighted by Gasteiger charge is 2.25. The number of piperidine rings is 1. The first-order valence-corrected chi connectivity index (χ1v) is 10.2. The highest BCUT2D eigenvalue weighted by atomic mass is 32.2. The molecule has 0 saturated carbocycles. The average molecular weight is 355 g/mol. The number of rotatable bonds is 5. The summed E-state index contributed by atoms with van der Waals surface area (Å²) >= 11 is 0. The van der Waals surface area contributed by atoms with Crippen LogP contribution in [0.25, 0.3) is 0 Å². The van der Waals surface area contributed by atoms with E-state index in [9.17, 15) is 8.42 Å². The van der Waals surface area contributed by atoms with Gasteiger partial charge in [0.25, 0.3) is 0 Å². The number of anilines is 2. The normalized spacial score (nSPS) is 23.2. The molecule has 2 saturated heterocycles. The Morgan fingerprint density at radius 1 is 1.29 bits per heavy atom. The fourth-order valence-electron chi connectivity index (χ4n) is 3.15. The Bertz CT molecular complexity index is 648. The van der Waals surface area contributed by atoms with Crippen LogP contribution in [0.2, 0.25) is 0 Å². The molecule has 0 bridgehead atoms. The van der Waals surface area contributed by atoms with Gasteiger partial charge in [0.2, 0.25) is 10.0 Å². The van der Waals surface area contributed by atoms with Crippen molar-refractivity contribution >= 4 is 21.7 Å². The van der Waals surface area contributed by atoms with Gasteiger partial charge in [0, 0.05) is 38.8 Å². The molecular weight excluding hydrogens is 330 g/mol. The Hall–Kier alpha value is -1.45. The summed E-state index contributed by atoms with van der Waals surface area (Å²) in [5, 5.41) is 3.34. The smallest absolute Gasteiger partial charge is 0.211 e. The van der Waals surface area contributed by atoms with E-state index >= 15 is 0 Å². The Morgan fingerprint density at radius 2 is 2.08 bits per heavy atom. The van der Waals surface area contributed by atoms with Gasteiger partial charge in [0.05, 0.1) is 19.5 Å². The van der Waals surface area contributed by atoms with Crippen LogP contribution >= 0.6 is 0 Å². The highest BCUT2D eigenvalue weighted by Crippen LogP contribution is 2.20. The summed E-state index contributed by atoms with van der Waals surface area (Å²) < 4.78 is 30.3. The Kier molecular flexibility index (Phi) is 5.52. The lowest BCUT2D eigenvalue weighted by atomic mass is 10.00. The number of hydrogen-bond donors (Lipinski definition) is 1. The summed E-state index contributed by atoms with van der Waals surface area (Å²) in [6.45, 7) is 5.03. The summed E-state index contributed by atoms with van der Waals surface area (Å²) in [6.07, 6.45) is 4.78. The largest absolute Gasteiger partial charge is 0.378 e. The van der Waals surface area contributed by atoms with E-state index in [-0.39, 0.29) is 0 Å². The quantitative estimate of drug-likeness (QED) is 0.818. The van der Waals surface area contributed by atoms with Crippen molar-refractivity contribution < 1.29 is 13.2 Å². The van der Waals surface area contributed by atoms with Crippen LogP contribution in [0.15, 0.2) is 12.4 Å². The Balaban J connectivity index is 1.56. The SMILES string of the molecule is CS(=O)(=O)N1CCC[C@@H](CNc2cc(N3CCOCC3)ncn2)C1. The number of ether oxygens (including phenoxy) is 1. The van der Waals surface area contributed by atoms with Crippen molar-refractivity contribution in [3.8, 4) is 0 Å². The summed E-state index contributed by atoms with van der Waals surface area (Å²) in [4.78, 5) is 10.8. The molecular formula is C15H25N5O3S. The van der Waals surface area contributed by atoms with Crippen LogP contribution in [0.3, 0.4) is 0 Å². The van der Waals surface area contributed by atoms with Crippen LogP contribution in [-0.2, 0) is 14.8 Å².